The molecule has 0 aromatic heterocycles. The van der Waals surface area contributed by atoms with Gasteiger partial charge in [-0.3, -0.25) is 0 Å². The summed E-state index contributed by atoms with van der Waals surface area (Å²) in [6.45, 7) is 4.22. The third kappa shape index (κ3) is 5.09. The second-order valence-corrected chi connectivity index (χ2v) is 8.79. The van der Waals surface area contributed by atoms with Gasteiger partial charge in [0.15, 0.2) is 0 Å². The van der Waals surface area contributed by atoms with E-state index in [0.717, 1.165) is 5.56 Å². The van der Waals surface area contributed by atoms with Gasteiger partial charge in [0.1, 0.15) is 0 Å². The molecule has 1 rings (SSSR count). The Bertz CT molecular complexity index is 429. The van der Waals surface area contributed by atoms with Crippen LogP contribution < -0.4 is 0 Å². The lowest BCUT2D eigenvalue weighted by atomic mass is 10.1. The highest BCUT2D eigenvalue weighted by atomic mass is 32.3. The first kappa shape index (κ1) is 12.9. The van der Waals surface area contributed by atoms with Crippen LogP contribution in [-0.4, -0.2) is 18.8 Å². The maximum atomic E-state index is 3.32. The number of hydrogen-bond acceptors (Lipinski definition) is 0. The zero-order chi connectivity index (χ0) is 12.2. The summed E-state index contributed by atoms with van der Waals surface area (Å²) in [6, 6.07) is 8.42. The van der Waals surface area contributed by atoms with E-state index in [1.54, 1.807) is 0 Å². The van der Waals surface area contributed by atoms with Gasteiger partial charge in [-0.25, -0.2) is 0 Å². The fourth-order valence-corrected chi connectivity index (χ4v) is 1.63. The summed E-state index contributed by atoms with van der Waals surface area (Å²) in [7, 11) is -0.724. The van der Waals surface area contributed by atoms with Gasteiger partial charge in [-0.1, -0.05) is 29.7 Å². The first-order valence-corrected chi connectivity index (χ1v) is 8.19. The summed E-state index contributed by atoms with van der Waals surface area (Å²) in [6.07, 6.45) is 8.79. The fraction of sp³-hybridized carbons (Fsp3) is 0.333. The Morgan fingerprint density at radius 1 is 1.06 bits per heavy atom. The number of allylic oxidation sites excluding steroid dienone is 1. The normalized spacial score (nSPS) is 11.3. The molecule has 0 nitrogen and oxygen atoms in total. The summed E-state index contributed by atoms with van der Waals surface area (Å²) in [4.78, 5) is 0. The van der Waals surface area contributed by atoms with Crippen LogP contribution in [0.15, 0.2) is 29.8 Å². The highest BCUT2D eigenvalue weighted by Gasteiger charge is 1.96. The lowest BCUT2D eigenvalue weighted by Crippen LogP contribution is -1.85. The average molecular weight is 232 g/mol. The van der Waals surface area contributed by atoms with E-state index in [-0.39, 0.29) is 0 Å². The molecule has 0 bridgehead atoms. The second-order valence-electron chi connectivity index (χ2n) is 4.91. The van der Waals surface area contributed by atoms with Crippen LogP contribution in [0.25, 0.3) is 6.08 Å². The van der Waals surface area contributed by atoms with E-state index in [4.69, 9.17) is 0 Å². The van der Waals surface area contributed by atoms with E-state index in [2.05, 4.69) is 74.1 Å². The largest absolute Gasteiger partial charge is 0.186 e. The third-order valence-corrected chi connectivity index (χ3v) is 2.58. The van der Waals surface area contributed by atoms with Crippen LogP contribution in [0.4, 0.5) is 0 Å². The Morgan fingerprint density at radius 2 is 1.62 bits per heavy atom. The highest BCUT2D eigenvalue weighted by molar-refractivity contribution is 8.35. The molecule has 0 aliphatic carbocycles. The zero-order valence-electron chi connectivity index (χ0n) is 10.8. The predicted molar refractivity (Wildman–Crippen MR) is 78.0 cm³/mol. The number of hydrogen-bond donors (Lipinski definition) is 0. The van der Waals surface area contributed by atoms with E-state index in [1.807, 2.05) is 0 Å². The number of rotatable bonds is 1. The van der Waals surface area contributed by atoms with Crippen LogP contribution in [-0.2, 0) is 0 Å². The topological polar surface area (TPSA) is 0 Å². The molecule has 0 radical (unpaired) electrons. The van der Waals surface area contributed by atoms with Gasteiger partial charge in [0.05, 0.1) is 0 Å². The minimum atomic E-state index is -0.724. The zero-order valence-corrected chi connectivity index (χ0v) is 11.6. The molecule has 1 heteroatoms. The van der Waals surface area contributed by atoms with Crippen molar-refractivity contribution in [2.45, 2.75) is 13.8 Å². The fourth-order valence-electron chi connectivity index (χ4n) is 1.21. The summed E-state index contributed by atoms with van der Waals surface area (Å²) < 4.78 is 0. The molecule has 0 aliphatic rings. The van der Waals surface area contributed by atoms with Crippen molar-refractivity contribution in [3.63, 3.8) is 0 Å². The van der Waals surface area contributed by atoms with Crippen molar-refractivity contribution in [3.05, 3.63) is 41.0 Å². The van der Waals surface area contributed by atoms with Crippen LogP contribution in [0.3, 0.4) is 0 Å². The molecular formula is C15H20S. The van der Waals surface area contributed by atoms with E-state index in [0.29, 0.717) is 0 Å². The Hall–Kier alpha value is -1.13. The first-order chi connectivity index (χ1) is 7.37. The molecule has 0 atom stereocenters. The van der Waals surface area contributed by atoms with Crippen LogP contribution in [0, 0.1) is 11.2 Å². The molecule has 0 aliphatic heterocycles. The van der Waals surface area contributed by atoms with E-state index in [1.165, 1.54) is 11.1 Å². The molecule has 0 saturated carbocycles. The van der Waals surface area contributed by atoms with Crippen molar-refractivity contribution in [1.82, 2.24) is 0 Å². The molecule has 0 saturated heterocycles. The smallest absolute Gasteiger partial charge is 0.0254 e. The highest BCUT2D eigenvalue weighted by Crippen LogP contribution is 2.32. The molecule has 0 N–H and O–H groups in total. The predicted octanol–water partition coefficient (Wildman–Crippen LogP) is 4.11. The molecule has 0 heterocycles. The summed E-state index contributed by atoms with van der Waals surface area (Å²) in [5, 5.41) is 3.32. The standard InChI is InChI=1S/C15H20S/c1-13(2)12-15-8-6-14(7-9-15)10-11-16(3,4)5/h6-9,12H,1-5H3. The monoisotopic (exact) mass is 232 g/mol. The Labute approximate surface area is 101 Å². The minimum absolute atomic E-state index is 0.724. The lowest BCUT2D eigenvalue weighted by Gasteiger charge is -2.14. The molecule has 16 heavy (non-hydrogen) atoms. The average Bonchev–Trinajstić information content (AvgIpc) is 2.14. The Balaban J connectivity index is 2.87. The molecule has 0 amide bonds. The maximum Gasteiger partial charge on any atom is 0.0254 e. The Kier molecular flexibility index (Phi) is 4.26. The quantitative estimate of drug-likeness (QED) is 0.639. The van der Waals surface area contributed by atoms with Crippen LogP contribution >= 0.6 is 10.0 Å². The second kappa shape index (κ2) is 5.27. The van der Waals surface area contributed by atoms with Gasteiger partial charge in [0.2, 0.25) is 0 Å². The van der Waals surface area contributed by atoms with E-state index in [9.17, 15) is 0 Å². The van der Waals surface area contributed by atoms with Gasteiger partial charge in [-0.2, -0.15) is 10.0 Å². The van der Waals surface area contributed by atoms with Gasteiger partial charge >= 0.3 is 0 Å². The van der Waals surface area contributed by atoms with Crippen molar-refractivity contribution in [2.24, 2.45) is 0 Å². The van der Waals surface area contributed by atoms with Crippen LogP contribution in [0.1, 0.15) is 25.0 Å². The van der Waals surface area contributed by atoms with Gasteiger partial charge in [-0.05, 0) is 55.6 Å². The molecule has 0 fully saturated rings. The van der Waals surface area contributed by atoms with Crippen molar-refractivity contribution in [3.8, 4) is 11.2 Å². The van der Waals surface area contributed by atoms with Crippen LogP contribution in [0.5, 0.6) is 0 Å². The summed E-state index contributed by atoms with van der Waals surface area (Å²) >= 11 is 0. The van der Waals surface area contributed by atoms with Crippen LogP contribution in [0.2, 0.25) is 0 Å². The molecular weight excluding hydrogens is 212 g/mol. The van der Waals surface area contributed by atoms with Crippen molar-refractivity contribution in [1.29, 1.82) is 0 Å². The van der Waals surface area contributed by atoms with Gasteiger partial charge in [0.25, 0.3) is 0 Å². The third-order valence-electron chi connectivity index (χ3n) is 1.87. The molecule has 86 valence electrons. The minimum Gasteiger partial charge on any atom is -0.186 e. The van der Waals surface area contributed by atoms with Crippen molar-refractivity contribution < 1.29 is 0 Å². The molecule has 0 spiro atoms. The maximum absolute atomic E-state index is 3.32. The Morgan fingerprint density at radius 3 is 2.06 bits per heavy atom. The molecule has 1 aromatic rings. The SMILES string of the molecule is CC(C)=Cc1ccc(C#CS(C)(C)C)cc1. The molecule has 0 unspecified atom stereocenters. The lowest BCUT2D eigenvalue weighted by molar-refractivity contribution is 1.42. The number of benzene rings is 1. The van der Waals surface area contributed by atoms with E-state index < -0.39 is 10.0 Å². The van der Waals surface area contributed by atoms with Gasteiger partial charge < -0.3 is 0 Å². The molecule has 1 aromatic carbocycles. The van der Waals surface area contributed by atoms with E-state index >= 15 is 0 Å². The first-order valence-electron chi connectivity index (χ1n) is 5.33. The van der Waals surface area contributed by atoms with Gasteiger partial charge in [0, 0.05) is 5.56 Å². The van der Waals surface area contributed by atoms with Crippen molar-refractivity contribution >= 4 is 16.1 Å². The van der Waals surface area contributed by atoms with Gasteiger partial charge in [-0.15, -0.1) is 0 Å². The summed E-state index contributed by atoms with van der Waals surface area (Å²) in [5.41, 5.74) is 3.67. The van der Waals surface area contributed by atoms with Crippen molar-refractivity contribution in [2.75, 3.05) is 18.8 Å². The summed E-state index contributed by atoms with van der Waals surface area (Å²) in [5.74, 6) is 3.23.